The van der Waals surface area contributed by atoms with E-state index in [9.17, 15) is 9.90 Å². The number of nitrogens with zero attached hydrogens (tertiary/aromatic N) is 2. The fraction of sp³-hybridized carbons (Fsp3) is 0.750. The van der Waals surface area contributed by atoms with Gasteiger partial charge in [-0.2, -0.15) is 0 Å². The Morgan fingerprint density at radius 1 is 1.62 bits per heavy atom. The molecule has 1 aliphatic carbocycles. The maximum Gasteiger partial charge on any atom is 0.311 e. The average Bonchev–Trinajstić information content (AvgIpc) is 3.10. The van der Waals surface area contributed by atoms with Gasteiger partial charge in [0.25, 0.3) is 0 Å². The molecule has 1 saturated carbocycles. The zero-order valence-corrected chi connectivity index (χ0v) is 13.5. The SMILES string of the molecule is CCCCc1nc(CN2C[C@@H]3CCC[C@@]3(C(=O)O)C2)cs1. The minimum atomic E-state index is -0.589. The predicted molar refractivity (Wildman–Crippen MR) is 83.4 cm³/mol. The number of hydrogen-bond acceptors (Lipinski definition) is 4. The molecule has 0 aromatic carbocycles. The highest BCUT2D eigenvalue weighted by molar-refractivity contribution is 7.09. The van der Waals surface area contributed by atoms with Gasteiger partial charge in [0, 0.05) is 25.0 Å². The third kappa shape index (κ3) is 2.86. The van der Waals surface area contributed by atoms with Crippen molar-refractivity contribution in [1.29, 1.82) is 0 Å². The molecule has 5 heteroatoms. The van der Waals surface area contributed by atoms with Gasteiger partial charge < -0.3 is 5.11 Å². The summed E-state index contributed by atoms with van der Waals surface area (Å²) < 4.78 is 0. The lowest BCUT2D eigenvalue weighted by molar-refractivity contribution is -0.149. The van der Waals surface area contributed by atoms with Crippen LogP contribution < -0.4 is 0 Å². The fourth-order valence-corrected chi connectivity index (χ4v) is 4.79. The third-order valence-corrected chi connectivity index (χ3v) is 6.05. The molecule has 0 amide bonds. The van der Waals surface area contributed by atoms with Crippen LogP contribution in [0, 0.1) is 11.3 Å². The molecule has 2 aliphatic rings. The van der Waals surface area contributed by atoms with Crippen LogP contribution in [0.1, 0.15) is 49.7 Å². The number of carboxylic acid groups (broad SMARTS) is 1. The van der Waals surface area contributed by atoms with Crippen molar-refractivity contribution < 1.29 is 9.90 Å². The molecule has 4 nitrogen and oxygen atoms in total. The Hall–Kier alpha value is -0.940. The van der Waals surface area contributed by atoms with Crippen LogP contribution >= 0.6 is 11.3 Å². The van der Waals surface area contributed by atoms with Crippen molar-refractivity contribution in [1.82, 2.24) is 9.88 Å². The molecule has 3 rings (SSSR count). The molecule has 1 aliphatic heterocycles. The van der Waals surface area contributed by atoms with E-state index in [0.29, 0.717) is 12.5 Å². The molecular formula is C16H24N2O2S. The van der Waals surface area contributed by atoms with E-state index in [1.165, 1.54) is 17.8 Å². The van der Waals surface area contributed by atoms with E-state index in [1.807, 2.05) is 0 Å². The lowest BCUT2D eigenvalue weighted by Gasteiger charge is -2.23. The molecule has 2 fully saturated rings. The summed E-state index contributed by atoms with van der Waals surface area (Å²) in [7, 11) is 0. The summed E-state index contributed by atoms with van der Waals surface area (Å²) in [6.07, 6.45) is 6.46. The first-order valence-electron chi connectivity index (χ1n) is 8.03. The lowest BCUT2D eigenvalue weighted by Crippen LogP contribution is -2.35. The molecule has 2 atom stereocenters. The van der Waals surface area contributed by atoms with Crippen LogP contribution in [0.25, 0.3) is 0 Å². The van der Waals surface area contributed by atoms with E-state index in [1.54, 1.807) is 11.3 Å². The van der Waals surface area contributed by atoms with Gasteiger partial charge in [-0.3, -0.25) is 9.69 Å². The van der Waals surface area contributed by atoms with Gasteiger partial charge in [-0.05, 0) is 31.6 Å². The standard InChI is InChI=1S/C16H24N2O2S/c1-2-3-6-14-17-13(10-21-14)9-18-8-12-5-4-7-16(12,11-18)15(19)20/h10,12H,2-9,11H2,1H3,(H,19,20)/t12-,16+/m0/s1. The van der Waals surface area contributed by atoms with Crippen LogP contribution in [-0.4, -0.2) is 34.0 Å². The first-order valence-corrected chi connectivity index (χ1v) is 8.91. The van der Waals surface area contributed by atoms with E-state index >= 15 is 0 Å². The average molecular weight is 308 g/mol. The van der Waals surface area contributed by atoms with Gasteiger partial charge in [0.1, 0.15) is 0 Å². The van der Waals surface area contributed by atoms with Crippen LogP contribution in [0.15, 0.2) is 5.38 Å². The fourth-order valence-electron chi connectivity index (χ4n) is 3.96. The van der Waals surface area contributed by atoms with Gasteiger partial charge in [-0.25, -0.2) is 4.98 Å². The molecule has 21 heavy (non-hydrogen) atoms. The Morgan fingerprint density at radius 3 is 3.19 bits per heavy atom. The quantitative estimate of drug-likeness (QED) is 0.877. The minimum absolute atomic E-state index is 0.341. The summed E-state index contributed by atoms with van der Waals surface area (Å²) in [6.45, 7) is 4.64. The Bertz CT molecular complexity index is 516. The normalized spacial score (nSPS) is 28.9. The number of carboxylic acids is 1. The van der Waals surface area contributed by atoms with E-state index in [2.05, 4.69) is 17.2 Å². The molecule has 1 aromatic heterocycles. The predicted octanol–water partition coefficient (Wildman–Crippen LogP) is 3.17. The Balaban J connectivity index is 1.62. The molecule has 0 bridgehead atoms. The molecular weight excluding hydrogens is 284 g/mol. The van der Waals surface area contributed by atoms with Crippen molar-refractivity contribution in [3.8, 4) is 0 Å². The number of hydrogen-bond donors (Lipinski definition) is 1. The van der Waals surface area contributed by atoms with Gasteiger partial charge in [0.05, 0.1) is 16.1 Å². The topological polar surface area (TPSA) is 53.4 Å². The number of fused-ring (bicyclic) bond motifs is 1. The van der Waals surface area contributed by atoms with Crippen molar-refractivity contribution in [3.63, 3.8) is 0 Å². The van der Waals surface area contributed by atoms with Gasteiger partial charge in [0.15, 0.2) is 0 Å². The molecule has 2 heterocycles. The van der Waals surface area contributed by atoms with Crippen molar-refractivity contribution >= 4 is 17.3 Å². The molecule has 1 N–H and O–H groups in total. The van der Waals surface area contributed by atoms with Crippen LogP contribution in [0.5, 0.6) is 0 Å². The van der Waals surface area contributed by atoms with Gasteiger partial charge >= 0.3 is 5.97 Å². The summed E-state index contributed by atoms with van der Waals surface area (Å²) in [6, 6.07) is 0. The monoisotopic (exact) mass is 308 g/mol. The molecule has 1 aromatic rings. The number of rotatable bonds is 6. The number of unbranched alkanes of at least 4 members (excludes halogenated alkanes) is 1. The highest BCUT2D eigenvalue weighted by Crippen LogP contribution is 2.49. The van der Waals surface area contributed by atoms with Crippen LogP contribution in [-0.2, 0) is 17.8 Å². The van der Waals surface area contributed by atoms with E-state index < -0.39 is 11.4 Å². The Kier molecular flexibility index (Phi) is 4.31. The highest BCUT2D eigenvalue weighted by atomic mass is 32.1. The van der Waals surface area contributed by atoms with E-state index in [0.717, 1.165) is 44.5 Å². The first-order chi connectivity index (χ1) is 10.1. The number of aryl methyl sites for hydroxylation is 1. The zero-order chi connectivity index (χ0) is 14.9. The Morgan fingerprint density at radius 2 is 2.48 bits per heavy atom. The number of aromatic nitrogens is 1. The number of aliphatic carboxylic acids is 1. The maximum absolute atomic E-state index is 11.7. The number of carbonyl (C=O) groups is 1. The summed E-state index contributed by atoms with van der Waals surface area (Å²) in [5.74, 6) is -0.248. The lowest BCUT2D eigenvalue weighted by atomic mass is 9.81. The van der Waals surface area contributed by atoms with Gasteiger partial charge in [-0.15, -0.1) is 11.3 Å². The summed E-state index contributed by atoms with van der Waals surface area (Å²) in [4.78, 5) is 18.7. The second kappa shape index (κ2) is 6.05. The van der Waals surface area contributed by atoms with Crippen molar-refractivity contribution in [3.05, 3.63) is 16.1 Å². The van der Waals surface area contributed by atoms with Crippen molar-refractivity contribution in [2.45, 2.75) is 52.0 Å². The molecule has 0 radical (unpaired) electrons. The summed E-state index contributed by atoms with van der Waals surface area (Å²) >= 11 is 1.75. The van der Waals surface area contributed by atoms with Crippen LogP contribution in [0.2, 0.25) is 0 Å². The molecule has 0 spiro atoms. The van der Waals surface area contributed by atoms with Crippen LogP contribution in [0.3, 0.4) is 0 Å². The highest BCUT2D eigenvalue weighted by Gasteiger charge is 2.54. The zero-order valence-electron chi connectivity index (χ0n) is 12.7. The van der Waals surface area contributed by atoms with Gasteiger partial charge in [-0.1, -0.05) is 19.8 Å². The molecule has 1 saturated heterocycles. The second-order valence-corrected chi connectivity index (χ2v) is 7.50. The van der Waals surface area contributed by atoms with E-state index in [4.69, 9.17) is 4.98 Å². The second-order valence-electron chi connectivity index (χ2n) is 6.56. The molecule has 0 unspecified atom stereocenters. The smallest absolute Gasteiger partial charge is 0.311 e. The largest absolute Gasteiger partial charge is 0.481 e. The summed E-state index contributed by atoms with van der Waals surface area (Å²) in [5.41, 5.74) is 0.646. The molecule has 116 valence electrons. The van der Waals surface area contributed by atoms with Crippen molar-refractivity contribution in [2.75, 3.05) is 13.1 Å². The van der Waals surface area contributed by atoms with Crippen molar-refractivity contribution in [2.24, 2.45) is 11.3 Å². The Labute approximate surface area is 130 Å². The first kappa shape index (κ1) is 15.0. The maximum atomic E-state index is 11.7. The number of thiazole rings is 1. The summed E-state index contributed by atoms with van der Waals surface area (Å²) in [5, 5.41) is 13.0. The van der Waals surface area contributed by atoms with E-state index in [-0.39, 0.29) is 0 Å². The number of likely N-dealkylation sites (tertiary alicyclic amines) is 1. The van der Waals surface area contributed by atoms with Crippen LogP contribution in [0.4, 0.5) is 0 Å². The van der Waals surface area contributed by atoms with Gasteiger partial charge in [0.2, 0.25) is 0 Å². The third-order valence-electron chi connectivity index (χ3n) is 5.10. The minimum Gasteiger partial charge on any atom is -0.481 e.